The first-order valence-electron chi connectivity index (χ1n) is 20.1. The van der Waals surface area contributed by atoms with Crippen molar-refractivity contribution in [3.63, 3.8) is 0 Å². The molecule has 15 heteroatoms. The van der Waals surface area contributed by atoms with E-state index in [1.165, 1.54) is 12.8 Å². The lowest BCUT2D eigenvalue weighted by molar-refractivity contribution is -0.126. The van der Waals surface area contributed by atoms with Gasteiger partial charge in [0, 0.05) is 78.6 Å². The van der Waals surface area contributed by atoms with Crippen LogP contribution in [0.15, 0.2) is 60.9 Å². The van der Waals surface area contributed by atoms with E-state index >= 15 is 0 Å². The molecule has 56 heavy (non-hydrogen) atoms. The van der Waals surface area contributed by atoms with Gasteiger partial charge in [-0.05, 0) is 94.7 Å². The first-order chi connectivity index (χ1) is 27.3. The smallest absolute Gasteiger partial charge is 0.225 e. The Labute approximate surface area is 334 Å². The fourth-order valence-electron chi connectivity index (χ4n) is 7.65. The number of likely N-dealkylation sites (tertiary alicyclic amines) is 2. The van der Waals surface area contributed by atoms with Crippen LogP contribution in [0.2, 0.25) is 5.02 Å². The molecule has 0 spiro atoms. The van der Waals surface area contributed by atoms with Gasteiger partial charge in [0.05, 0.1) is 44.5 Å². The van der Waals surface area contributed by atoms with Gasteiger partial charge in [0.15, 0.2) is 0 Å². The molecule has 5 fully saturated rings. The van der Waals surface area contributed by atoms with E-state index in [0.717, 1.165) is 69.8 Å². The van der Waals surface area contributed by atoms with Crippen LogP contribution in [0.1, 0.15) is 55.4 Å². The second-order valence-electron chi connectivity index (χ2n) is 15.5. The monoisotopic (exact) mass is 793 g/mol. The highest BCUT2D eigenvalue weighted by molar-refractivity contribution is 6.30. The number of anilines is 1. The summed E-state index contributed by atoms with van der Waals surface area (Å²) in [5.41, 5.74) is 8.58. The average Bonchev–Trinajstić information content (AvgIpc) is 4.00. The normalized spacial score (nSPS) is 22.6. The number of benzene rings is 1. The Morgan fingerprint density at radius 1 is 0.786 bits per heavy atom. The van der Waals surface area contributed by atoms with E-state index in [2.05, 4.69) is 30.0 Å². The second kappa shape index (κ2) is 19.7. The summed E-state index contributed by atoms with van der Waals surface area (Å²) in [4.78, 5) is 28.7. The predicted molar refractivity (Wildman–Crippen MR) is 212 cm³/mol. The Morgan fingerprint density at radius 2 is 1.32 bits per heavy atom. The average molecular weight is 794 g/mol. The number of aromatic nitrogens is 2. The second-order valence-corrected chi connectivity index (χ2v) is 15.9. The minimum atomic E-state index is -0.859. The molecule has 5 aliphatic heterocycles. The molecule has 2 aromatic heterocycles. The third kappa shape index (κ3) is 11.1. The van der Waals surface area contributed by atoms with Gasteiger partial charge >= 0.3 is 0 Å². The van der Waals surface area contributed by atoms with Crippen LogP contribution in [0.25, 0.3) is 0 Å². The standard InChI is InChI=1S/C26H33ClN4O4.C15H23N3O3/c27-20-4-6-21(7-5-20)31-12-9-19(14-31)26(33)29-23(15-30-10-1-2-11-30)25(32)18-3-8-24(28-13-18)35-22-16-34-17-22;16-13(8-18-5-1-2-6-18)15(19)11-3-4-14(17-7-11)21-12-9-20-10-12/h3-8,13,19,22-23,25,32H,1-2,9-12,14-17H2,(H,29,33);3-4,7,12-13,15,19H,1-2,5-6,8-10,16H2/t19-,23-,25-;13-,15?/m11/s1. The van der Waals surface area contributed by atoms with Crippen LogP contribution in [-0.4, -0.2) is 139 Å². The molecule has 7 heterocycles. The summed E-state index contributed by atoms with van der Waals surface area (Å²) in [7, 11) is 0. The fraction of sp³-hybridized carbons (Fsp3) is 0.585. The summed E-state index contributed by atoms with van der Waals surface area (Å²) in [6, 6.07) is 14.2. The molecule has 5 aliphatic rings. The number of hydrogen-bond acceptors (Lipinski definition) is 13. The molecule has 14 nitrogen and oxygen atoms in total. The number of carbonyl (C=O) groups excluding carboxylic acids is 1. The maximum absolute atomic E-state index is 13.3. The van der Waals surface area contributed by atoms with Gasteiger partial charge in [0.25, 0.3) is 0 Å². The van der Waals surface area contributed by atoms with Crippen LogP contribution in [-0.2, 0) is 14.3 Å². The molecule has 0 saturated carbocycles. The Kier molecular flexibility index (Phi) is 14.3. The summed E-state index contributed by atoms with van der Waals surface area (Å²) in [6.07, 6.45) is 7.39. The number of hydrogen-bond donors (Lipinski definition) is 4. The zero-order valence-corrected chi connectivity index (χ0v) is 32.7. The lowest BCUT2D eigenvalue weighted by atomic mass is 10.0. The molecule has 0 bridgehead atoms. The molecule has 5 saturated heterocycles. The van der Waals surface area contributed by atoms with Crippen LogP contribution in [0.4, 0.5) is 5.69 Å². The van der Waals surface area contributed by atoms with Gasteiger partial charge in [-0.1, -0.05) is 11.6 Å². The lowest BCUT2D eigenvalue weighted by Crippen LogP contribution is -2.48. The third-order valence-electron chi connectivity index (χ3n) is 11.2. The number of aliphatic hydroxyl groups is 2. The first kappa shape index (κ1) is 40.6. The Bertz CT molecular complexity index is 1650. The van der Waals surface area contributed by atoms with Gasteiger partial charge in [-0.3, -0.25) is 4.79 Å². The number of ether oxygens (including phenoxy) is 4. The number of amides is 1. The number of rotatable bonds is 15. The van der Waals surface area contributed by atoms with Crippen molar-refractivity contribution in [3.05, 3.63) is 77.1 Å². The molecular formula is C41H56ClN7O7. The summed E-state index contributed by atoms with van der Waals surface area (Å²) < 4.78 is 21.5. The Morgan fingerprint density at radius 3 is 1.82 bits per heavy atom. The van der Waals surface area contributed by atoms with E-state index in [1.807, 2.05) is 36.4 Å². The van der Waals surface area contributed by atoms with Crippen LogP contribution in [0.3, 0.4) is 0 Å². The van der Waals surface area contributed by atoms with E-state index < -0.39 is 18.2 Å². The third-order valence-corrected chi connectivity index (χ3v) is 11.4. The predicted octanol–water partition coefficient (Wildman–Crippen LogP) is 2.97. The van der Waals surface area contributed by atoms with E-state index in [9.17, 15) is 15.0 Å². The number of aliphatic hydroxyl groups excluding tert-OH is 2. The molecule has 1 amide bonds. The molecular weight excluding hydrogens is 738 g/mol. The number of nitrogens with zero attached hydrogens (tertiary/aromatic N) is 5. The zero-order valence-electron chi connectivity index (χ0n) is 32.0. The summed E-state index contributed by atoms with van der Waals surface area (Å²) >= 11 is 6.02. The molecule has 0 radical (unpaired) electrons. The quantitative estimate of drug-likeness (QED) is 0.178. The van der Waals surface area contributed by atoms with Crippen LogP contribution >= 0.6 is 11.6 Å². The molecule has 5 N–H and O–H groups in total. The van der Waals surface area contributed by atoms with Crippen LogP contribution in [0.5, 0.6) is 11.8 Å². The van der Waals surface area contributed by atoms with Crippen LogP contribution in [0, 0.1) is 5.92 Å². The van der Waals surface area contributed by atoms with Crippen molar-refractivity contribution in [2.75, 3.05) is 83.7 Å². The topological polar surface area (TPSA) is 168 Å². The van der Waals surface area contributed by atoms with Gasteiger partial charge in [-0.2, -0.15) is 0 Å². The molecule has 1 aromatic carbocycles. The van der Waals surface area contributed by atoms with Crippen molar-refractivity contribution < 1.29 is 34.0 Å². The molecule has 0 aliphatic carbocycles. The molecule has 1 unspecified atom stereocenters. The highest BCUT2D eigenvalue weighted by Crippen LogP contribution is 2.27. The summed E-state index contributed by atoms with van der Waals surface area (Å²) in [6.45, 7) is 9.32. The molecule has 3 aromatic rings. The van der Waals surface area contributed by atoms with Crippen molar-refractivity contribution in [2.24, 2.45) is 11.7 Å². The van der Waals surface area contributed by atoms with Gasteiger partial charge in [-0.25, -0.2) is 9.97 Å². The summed E-state index contributed by atoms with van der Waals surface area (Å²) in [5, 5.41) is 25.5. The highest BCUT2D eigenvalue weighted by Gasteiger charge is 2.33. The number of halogens is 1. The number of pyridine rings is 2. The van der Waals surface area contributed by atoms with Gasteiger partial charge in [0.2, 0.25) is 17.7 Å². The lowest BCUT2D eigenvalue weighted by Gasteiger charge is -2.30. The van der Waals surface area contributed by atoms with Crippen molar-refractivity contribution in [2.45, 2.75) is 68.6 Å². The Hall–Kier alpha value is -3.60. The van der Waals surface area contributed by atoms with E-state index in [-0.39, 0.29) is 30.1 Å². The number of carbonyl (C=O) groups is 1. The first-order valence-corrected chi connectivity index (χ1v) is 20.4. The SMILES string of the molecule is N[C@H](CN1CCCC1)C(O)c1ccc(OC2COC2)nc1.O=C(N[C@H](CN1CCCC1)[C@H](O)c1ccc(OC2COC2)nc1)[C@@H]1CCN(c2ccc(Cl)cc2)C1. The fourth-order valence-corrected chi connectivity index (χ4v) is 7.78. The van der Waals surface area contributed by atoms with Crippen molar-refractivity contribution >= 4 is 23.2 Å². The minimum absolute atomic E-state index is 0.0115. The molecule has 304 valence electrons. The molecule has 5 atom stereocenters. The number of nitrogens with two attached hydrogens (primary N) is 1. The maximum Gasteiger partial charge on any atom is 0.225 e. The van der Waals surface area contributed by atoms with E-state index in [4.69, 9.17) is 36.3 Å². The van der Waals surface area contributed by atoms with E-state index in [1.54, 1.807) is 24.5 Å². The van der Waals surface area contributed by atoms with Crippen LogP contribution < -0.4 is 25.4 Å². The largest absolute Gasteiger partial charge is 0.469 e. The van der Waals surface area contributed by atoms with E-state index in [0.29, 0.717) is 61.9 Å². The number of nitrogens with one attached hydrogen (secondary N) is 1. The van der Waals surface area contributed by atoms with Crippen molar-refractivity contribution in [1.82, 2.24) is 25.1 Å². The zero-order chi connectivity index (χ0) is 38.9. The summed E-state index contributed by atoms with van der Waals surface area (Å²) in [5.74, 6) is 0.940. The molecule has 8 rings (SSSR count). The minimum Gasteiger partial charge on any atom is -0.469 e. The maximum atomic E-state index is 13.3. The van der Waals surface area contributed by atoms with Gasteiger partial charge in [0.1, 0.15) is 18.3 Å². The van der Waals surface area contributed by atoms with Gasteiger partial charge < -0.3 is 54.9 Å². The van der Waals surface area contributed by atoms with Crippen molar-refractivity contribution in [1.29, 1.82) is 0 Å². The Balaban J connectivity index is 0.000000195. The van der Waals surface area contributed by atoms with Gasteiger partial charge in [-0.15, -0.1) is 0 Å². The highest BCUT2D eigenvalue weighted by atomic mass is 35.5. The van der Waals surface area contributed by atoms with Crippen molar-refractivity contribution in [3.8, 4) is 11.8 Å².